The van der Waals surface area contributed by atoms with E-state index in [2.05, 4.69) is 0 Å². The van der Waals surface area contributed by atoms with E-state index in [0.717, 1.165) is 0 Å². The number of fused-ring (bicyclic) bond motifs is 1. The van der Waals surface area contributed by atoms with E-state index in [0.29, 0.717) is 5.56 Å². The second kappa shape index (κ2) is 3.57. The Hall–Kier alpha value is -1.39. The number of aromatic hydroxyl groups is 1. The van der Waals surface area contributed by atoms with Crippen LogP contribution in [-0.4, -0.2) is 27.7 Å². The van der Waals surface area contributed by atoms with E-state index in [4.69, 9.17) is 5.11 Å². The normalized spacial score (nSPS) is 28.9. The summed E-state index contributed by atoms with van der Waals surface area (Å²) in [6.07, 6.45) is 0.0497. The van der Waals surface area contributed by atoms with Crippen LogP contribution in [0.3, 0.4) is 0 Å². The lowest BCUT2D eigenvalue weighted by molar-refractivity contribution is -0.0357. The molecule has 0 saturated heterocycles. The minimum atomic E-state index is -1.28. The van der Waals surface area contributed by atoms with E-state index in [1.807, 2.05) is 0 Å². The molecule has 0 aliphatic heterocycles. The van der Waals surface area contributed by atoms with Crippen LogP contribution >= 0.6 is 0 Å². The molecule has 0 saturated carbocycles. The highest BCUT2D eigenvalue weighted by Gasteiger charge is 2.42. The van der Waals surface area contributed by atoms with Gasteiger partial charge in [0.05, 0.1) is 11.2 Å². The first-order valence-electron chi connectivity index (χ1n) is 5.17. The van der Waals surface area contributed by atoms with Gasteiger partial charge in [0.25, 0.3) is 0 Å². The largest absolute Gasteiger partial charge is 0.507 e. The summed E-state index contributed by atoms with van der Waals surface area (Å²) in [5, 5.41) is 29.1. The van der Waals surface area contributed by atoms with E-state index in [9.17, 15) is 15.0 Å². The number of aliphatic hydroxyl groups is 2. The van der Waals surface area contributed by atoms with Gasteiger partial charge in [-0.2, -0.15) is 0 Å². The number of phenols is 1. The Balaban J connectivity index is 2.64. The fraction of sp³-hybridized carbons (Fsp3) is 0.417. The van der Waals surface area contributed by atoms with Gasteiger partial charge in [-0.15, -0.1) is 0 Å². The third-order valence-electron chi connectivity index (χ3n) is 3.31. The standard InChI is InChI=1S/C12H14O4/c1-12(16)7(6-13)5-10(15)11-8(12)3-2-4-9(11)14/h2-4,7,13-14,16H,5-6H2,1H3/t7-,12-/m0/s1. The predicted octanol–water partition coefficient (Wildman–Crippen LogP) is 0.795. The number of carbonyl (C=O) groups excluding carboxylic acids is 1. The third kappa shape index (κ3) is 1.42. The Morgan fingerprint density at radius 3 is 2.81 bits per heavy atom. The molecule has 0 aromatic heterocycles. The number of aliphatic hydroxyl groups excluding tert-OH is 1. The number of ketones is 1. The van der Waals surface area contributed by atoms with Crippen molar-refractivity contribution in [1.82, 2.24) is 0 Å². The molecular weight excluding hydrogens is 208 g/mol. The lowest BCUT2D eigenvalue weighted by atomic mass is 9.72. The minimum absolute atomic E-state index is 0.0497. The highest BCUT2D eigenvalue weighted by molar-refractivity contribution is 6.01. The van der Waals surface area contributed by atoms with Crippen LogP contribution in [0, 0.1) is 5.92 Å². The van der Waals surface area contributed by atoms with Crippen LogP contribution < -0.4 is 0 Å². The van der Waals surface area contributed by atoms with Crippen LogP contribution in [0.2, 0.25) is 0 Å². The van der Waals surface area contributed by atoms with Gasteiger partial charge in [-0.25, -0.2) is 0 Å². The van der Waals surface area contributed by atoms with Crippen molar-refractivity contribution in [3.05, 3.63) is 29.3 Å². The van der Waals surface area contributed by atoms with Gasteiger partial charge in [-0.3, -0.25) is 4.79 Å². The van der Waals surface area contributed by atoms with Crippen molar-refractivity contribution in [3.63, 3.8) is 0 Å². The molecule has 1 aromatic rings. The van der Waals surface area contributed by atoms with Gasteiger partial charge >= 0.3 is 0 Å². The Morgan fingerprint density at radius 1 is 1.50 bits per heavy atom. The maximum Gasteiger partial charge on any atom is 0.167 e. The summed E-state index contributed by atoms with van der Waals surface area (Å²) in [5.74, 6) is -0.868. The van der Waals surface area contributed by atoms with Crippen LogP contribution in [-0.2, 0) is 5.60 Å². The maximum atomic E-state index is 11.8. The number of hydrogen-bond donors (Lipinski definition) is 3. The van der Waals surface area contributed by atoms with Crippen LogP contribution in [0.4, 0.5) is 0 Å². The first-order valence-corrected chi connectivity index (χ1v) is 5.17. The number of benzene rings is 1. The highest BCUT2D eigenvalue weighted by atomic mass is 16.3. The van der Waals surface area contributed by atoms with E-state index in [1.54, 1.807) is 19.1 Å². The lowest BCUT2D eigenvalue weighted by Gasteiger charge is -2.37. The van der Waals surface area contributed by atoms with Crippen molar-refractivity contribution in [2.45, 2.75) is 18.9 Å². The van der Waals surface area contributed by atoms with Crippen molar-refractivity contribution in [2.24, 2.45) is 5.92 Å². The van der Waals surface area contributed by atoms with Gasteiger partial charge in [0.15, 0.2) is 5.78 Å². The average molecular weight is 222 g/mol. The first kappa shape index (κ1) is 11.1. The summed E-state index contributed by atoms with van der Waals surface area (Å²) in [6.45, 7) is 1.30. The number of phenolic OH excluding ortho intramolecular Hbond substituents is 1. The smallest absolute Gasteiger partial charge is 0.167 e. The summed E-state index contributed by atoms with van der Waals surface area (Å²) in [6, 6.07) is 4.61. The molecule has 0 unspecified atom stereocenters. The Bertz CT molecular complexity index is 437. The molecule has 1 aromatic carbocycles. The van der Waals surface area contributed by atoms with Crippen molar-refractivity contribution < 1.29 is 20.1 Å². The molecule has 0 spiro atoms. The molecule has 86 valence electrons. The Morgan fingerprint density at radius 2 is 2.19 bits per heavy atom. The van der Waals surface area contributed by atoms with Gasteiger partial charge in [-0.1, -0.05) is 12.1 Å². The van der Waals surface area contributed by atoms with E-state index < -0.39 is 11.5 Å². The molecular formula is C12H14O4. The molecule has 0 amide bonds. The monoisotopic (exact) mass is 222 g/mol. The molecule has 0 radical (unpaired) electrons. The van der Waals surface area contributed by atoms with Gasteiger partial charge < -0.3 is 15.3 Å². The quantitative estimate of drug-likeness (QED) is 0.656. The van der Waals surface area contributed by atoms with Crippen molar-refractivity contribution in [3.8, 4) is 5.75 Å². The molecule has 0 heterocycles. The summed E-state index contributed by atoms with van der Waals surface area (Å²) in [5.41, 5.74) is -0.712. The van der Waals surface area contributed by atoms with Gasteiger partial charge in [0.1, 0.15) is 5.75 Å². The summed E-state index contributed by atoms with van der Waals surface area (Å²) in [7, 11) is 0. The first-order chi connectivity index (χ1) is 7.48. The molecule has 0 bridgehead atoms. The zero-order valence-electron chi connectivity index (χ0n) is 8.97. The number of carbonyl (C=O) groups is 1. The Labute approximate surface area is 93.2 Å². The topological polar surface area (TPSA) is 77.8 Å². The fourth-order valence-electron chi connectivity index (χ4n) is 2.24. The SMILES string of the molecule is C[C@@]1(O)c2cccc(O)c2C(=O)C[C@H]1CO. The predicted molar refractivity (Wildman–Crippen MR) is 57.2 cm³/mol. The van der Waals surface area contributed by atoms with Crippen LogP contribution in [0.15, 0.2) is 18.2 Å². The van der Waals surface area contributed by atoms with Crippen LogP contribution in [0.5, 0.6) is 5.75 Å². The second-order valence-corrected chi connectivity index (χ2v) is 4.35. The molecule has 2 atom stereocenters. The average Bonchev–Trinajstić information content (AvgIpc) is 2.23. The molecule has 1 aliphatic carbocycles. The lowest BCUT2D eigenvalue weighted by Crippen LogP contribution is -2.41. The van der Waals surface area contributed by atoms with Crippen molar-refractivity contribution >= 4 is 5.78 Å². The van der Waals surface area contributed by atoms with Crippen molar-refractivity contribution in [1.29, 1.82) is 0 Å². The number of Topliss-reactive ketones (excluding diaryl/α,β-unsaturated/α-hetero) is 1. The molecule has 16 heavy (non-hydrogen) atoms. The van der Waals surface area contributed by atoms with Gasteiger partial charge in [-0.05, 0) is 18.6 Å². The van der Waals surface area contributed by atoms with Crippen LogP contribution in [0.25, 0.3) is 0 Å². The Kier molecular flexibility index (Phi) is 2.48. The minimum Gasteiger partial charge on any atom is -0.507 e. The molecule has 4 nitrogen and oxygen atoms in total. The second-order valence-electron chi connectivity index (χ2n) is 4.35. The molecule has 2 rings (SSSR count). The fourth-order valence-corrected chi connectivity index (χ4v) is 2.24. The van der Waals surface area contributed by atoms with E-state index >= 15 is 0 Å². The summed E-state index contributed by atoms with van der Waals surface area (Å²) < 4.78 is 0. The third-order valence-corrected chi connectivity index (χ3v) is 3.31. The highest BCUT2D eigenvalue weighted by Crippen LogP contribution is 2.41. The van der Waals surface area contributed by atoms with Gasteiger partial charge in [0.2, 0.25) is 0 Å². The summed E-state index contributed by atoms with van der Waals surface area (Å²) in [4.78, 5) is 11.8. The van der Waals surface area contributed by atoms with Crippen LogP contribution in [0.1, 0.15) is 29.3 Å². The zero-order valence-corrected chi connectivity index (χ0v) is 8.97. The zero-order chi connectivity index (χ0) is 11.9. The molecule has 4 heteroatoms. The van der Waals surface area contributed by atoms with E-state index in [1.165, 1.54) is 6.07 Å². The van der Waals surface area contributed by atoms with Crippen molar-refractivity contribution in [2.75, 3.05) is 6.61 Å². The number of rotatable bonds is 1. The summed E-state index contributed by atoms with van der Waals surface area (Å²) >= 11 is 0. The maximum absolute atomic E-state index is 11.8. The molecule has 3 N–H and O–H groups in total. The van der Waals surface area contributed by atoms with E-state index in [-0.39, 0.29) is 30.1 Å². The number of hydrogen-bond acceptors (Lipinski definition) is 4. The molecule has 1 aliphatic rings. The van der Waals surface area contributed by atoms with Gasteiger partial charge in [0, 0.05) is 18.9 Å². The molecule has 0 fully saturated rings.